The topological polar surface area (TPSA) is 68.5 Å². The highest BCUT2D eigenvalue weighted by molar-refractivity contribution is 6.43. The lowest BCUT2D eigenvalue weighted by Crippen LogP contribution is -2.20. The number of aromatic nitrogens is 5. The van der Waals surface area contributed by atoms with Crippen molar-refractivity contribution in [1.82, 2.24) is 25.2 Å². The average molecular weight is 379 g/mol. The molecule has 9 heteroatoms. The molecule has 1 aliphatic carbocycles. The first-order valence-electron chi connectivity index (χ1n) is 7.77. The molecule has 0 saturated carbocycles. The third-order valence-corrected chi connectivity index (χ3v) is 5.07. The normalized spacial score (nSPS) is 16.5. The predicted octanol–water partition coefficient (Wildman–Crippen LogP) is 3.99. The maximum Gasteiger partial charge on any atom is 0.248 e. The number of fused-ring (bicyclic) bond motifs is 1. The van der Waals surface area contributed by atoms with Gasteiger partial charge in [-0.3, -0.25) is 4.98 Å². The van der Waals surface area contributed by atoms with Crippen LogP contribution < -0.4 is 5.32 Å². The second-order valence-corrected chi connectivity index (χ2v) is 6.49. The van der Waals surface area contributed by atoms with Gasteiger partial charge in [0, 0.05) is 11.9 Å². The molecule has 0 amide bonds. The SMILES string of the molecule is Fc1ccc(-n2nnnc2NC2CCCc3ncccc32)c(Cl)c1Cl. The third kappa shape index (κ3) is 2.94. The number of hydrogen-bond acceptors (Lipinski definition) is 5. The summed E-state index contributed by atoms with van der Waals surface area (Å²) in [6, 6.07) is 6.72. The molecule has 25 heavy (non-hydrogen) atoms. The first-order chi connectivity index (χ1) is 12.1. The van der Waals surface area contributed by atoms with E-state index in [0.29, 0.717) is 11.6 Å². The first-order valence-corrected chi connectivity index (χ1v) is 8.53. The second kappa shape index (κ2) is 6.57. The number of nitrogens with one attached hydrogen (secondary N) is 1. The van der Waals surface area contributed by atoms with E-state index in [1.165, 1.54) is 16.8 Å². The summed E-state index contributed by atoms with van der Waals surface area (Å²) < 4.78 is 15.0. The molecule has 0 aliphatic heterocycles. The van der Waals surface area contributed by atoms with Gasteiger partial charge in [-0.25, -0.2) is 4.39 Å². The number of pyridine rings is 1. The van der Waals surface area contributed by atoms with E-state index in [-0.39, 0.29) is 16.1 Å². The van der Waals surface area contributed by atoms with Gasteiger partial charge in [0.1, 0.15) is 5.82 Å². The summed E-state index contributed by atoms with van der Waals surface area (Å²) in [6.45, 7) is 0. The molecule has 0 spiro atoms. The van der Waals surface area contributed by atoms with Gasteiger partial charge >= 0.3 is 0 Å². The monoisotopic (exact) mass is 378 g/mol. The van der Waals surface area contributed by atoms with E-state index >= 15 is 0 Å². The lowest BCUT2D eigenvalue weighted by molar-refractivity contribution is 0.582. The van der Waals surface area contributed by atoms with E-state index in [1.54, 1.807) is 6.20 Å². The minimum absolute atomic E-state index is 0.0388. The molecule has 1 aliphatic rings. The van der Waals surface area contributed by atoms with Crippen molar-refractivity contribution in [2.75, 3.05) is 5.32 Å². The zero-order valence-corrected chi connectivity index (χ0v) is 14.5. The van der Waals surface area contributed by atoms with Crippen LogP contribution in [0.15, 0.2) is 30.5 Å². The Hall–Kier alpha value is -2.25. The Morgan fingerprint density at radius 3 is 2.96 bits per heavy atom. The molecule has 1 atom stereocenters. The minimum Gasteiger partial charge on any atom is -0.346 e. The number of benzene rings is 1. The van der Waals surface area contributed by atoms with Crippen LogP contribution >= 0.6 is 23.2 Å². The summed E-state index contributed by atoms with van der Waals surface area (Å²) in [4.78, 5) is 4.44. The van der Waals surface area contributed by atoms with Crippen LogP contribution in [0.3, 0.4) is 0 Å². The van der Waals surface area contributed by atoms with Gasteiger partial charge < -0.3 is 5.32 Å². The van der Waals surface area contributed by atoms with E-state index in [9.17, 15) is 4.39 Å². The van der Waals surface area contributed by atoms with Gasteiger partial charge in [0.15, 0.2) is 0 Å². The van der Waals surface area contributed by atoms with Gasteiger partial charge in [-0.1, -0.05) is 34.4 Å². The summed E-state index contributed by atoms with van der Waals surface area (Å²) in [6.07, 6.45) is 4.71. The molecular formula is C16H13Cl2FN6. The van der Waals surface area contributed by atoms with Crippen LogP contribution in [0.4, 0.5) is 10.3 Å². The zero-order chi connectivity index (χ0) is 17.4. The van der Waals surface area contributed by atoms with E-state index in [1.807, 2.05) is 6.07 Å². The maximum atomic E-state index is 13.5. The number of halogens is 3. The Balaban J connectivity index is 1.69. The second-order valence-electron chi connectivity index (χ2n) is 5.74. The molecule has 3 aromatic rings. The molecule has 0 saturated heterocycles. The molecule has 0 bridgehead atoms. The number of hydrogen-bond donors (Lipinski definition) is 1. The van der Waals surface area contributed by atoms with Crippen molar-refractivity contribution < 1.29 is 4.39 Å². The summed E-state index contributed by atoms with van der Waals surface area (Å²) in [7, 11) is 0. The first kappa shape index (κ1) is 16.2. The number of nitrogens with zero attached hydrogens (tertiary/aromatic N) is 5. The number of rotatable bonds is 3. The average Bonchev–Trinajstić information content (AvgIpc) is 3.08. The lowest BCUT2D eigenvalue weighted by atomic mass is 9.91. The lowest BCUT2D eigenvalue weighted by Gasteiger charge is -2.25. The standard InChI is InChI=1S/C16H13Cl2FN6/c17-14-10(19)6-7-13(15(14)18)25-16(22-23-24-25)21-12-5-1-4-11-9(12)3-2-8-20-11/h2-3,6-8,12H,1,4-5H2,(H,21,22,24). The highest BCUT2D eigenvalue weighted by Gasteiger charge is 2.24. The summed E-state index contributed by atoms with van der Waals surface area (Å²) >= 11 is 12.1. The predicted molar refractivity (Wildman–Crippen MR) is 92.7 cm³/mol. The Bertz CT molecular complexity index is 929. The molecule has 2 heterocycles. The molecule has 0 fully saturated rings. The highest BCUT2D eigenvalue weighted by atomic mass is 35.5. The van der Waals surface area contributed by atoms with Crippen LogP contribution in [0.2, 0.25) is 10.0 Å². The van der Waals surface area contributed by atoms with E-state index in [4.69, 9.17) is 23.2 Å². The van der Waals surface area contributed by atoms with Gasteiger partial charge in [-0.15, -0.1) is 0 Å². The zero-order valence-electron chi connectivity index (χ0n) is 13.0. The third-order valence-electron chi connectivity index (χ3n) is 4.22. The van der Waals surface area contributed by atoms with Crippen molar-refractivity contribution in [2.24, 2.45) is 0 Å². The molecule has 1 unspecified atom stereocenters. The van der Waals surface area contributed by atoms with Crippen LogP contribution in [-0.4, -0.2) is 25.2 Å². The van der Waals surface area contributed by atoms with Gasteiger partial charge in [0.05, 0.1) is 21.8 Å². The Morgan fingerprint density at radius 2 is 2.08 bits per heavy atom. The fourth-order valence-corrected chi connectivity index (χ4v) is 3.42. The molecule has 128 valence electrons. The molecule has 6 nitrogen and oxygen atoms in total. The van der Waals surface area contributed by atoms with Crippen LogP contribution in [0.1, 0.15) is 30.1 Å². The van der Waals surface area contributed by atoms with E-state index < -0.39 is 5.82 Å². The van der Waals surface area contributed by atoms with Crippen molar-refractivity contribution in [3.63, 3.8) is 0 Å². The van der Waals surface area contributed by atoms with Gasteiger partial charge in [0.25, 0.3) is 0 Å². The van der Waals surface area contributed by atoms with Crippen molar-refractivity contribution in [3.8, 4) is 5.69 Å². The molecular weight excluding hydrogens is 366 g/mol. The number of anilines is 1. The van der Waals surface area contributed by atoms with Crippen LogP contribution in [0.25, 0.3) is 5.69 Å². The molecule has 0 radical (unpaired) electrons. The fraction of sp³-hybridized carbons (Fsp3) is 0.250. The van der Waals surface area contributed by atoms with Crippen molar-refractivity contribution in [1.29, 1.82) is 0 Å². The van der Waals surface area contributed by atoms with Crippen molar-refractivity contribution in [2.45, 2.75) is 25.3 Å². The van der Waals surface area contributed by atoms with Crippen LogP contribution in [0, 0.1) is 5.82 Å². The largest absolute Gasteiger partial charge is 0.346 e. The van der Waals surface area contributed by atoms with Gasteiger partial charge in [-0.05, 0) is 53.5 Å². The summed E-state index contributed by atoms with van der Waals surface area (Å²) in [5, 5.41) is 14.9. The molecule has 1 N–H and O–H groups in total. The molecule has 1 aromatic carbocycles. The smallest absolute Gasteiger partial charge is 0.248 e. The maximum absolute atomic E-state index is 13.5. The number of tetrazole rings is 1. The van der Waals surface area contributed by atoms with E-state index in [0.717, 1.165) is 30.5 Å². The van der Waals surface area contributed by atoms with Crippen LogP contribution in [-0.2, 0) is 6.42 Å². The van der Waals surface area contributed by atoms with Crippen molar-refractivity contribution >= 4 is 29.2 Å². The highest BCUT2D eigenvalue weighted by Crippen LogP contribution is 2.34. The summed E-state index contributed by atoms with van der Waals surface area (Å²) in [5.74, 6) is -0.184. The molecule has 2 aromatic heterocycles. The minimum atomic E-state index is -0.592. The Labute approximate surface area is 153 Å². The quantitative estimate of drug-likeness (QED) is 0.697. The fourth-order valence-electron chi connectivity index (χ4n) is 3.03. The number of aryl methyl sites for hydroxylation is 1. The van der Waals surface area contributed by atoms with E-state index in [2.05, 4.69) is 31.9 Å². The molecule has 4 rings (SSSR count). The summed E-state index contributed by atoms with van der Waals surface area (Å²) in [5.41, 5.74) is 2.61. The Kier molecular flexibility index (Phi) is 4.27. The van der Waals surface area contributed by atoms with Gasteiger partial charge in [-0.2, -0.15) is 4.68 Å². The van der Waals surface area contributed by atoms with Gasteiger partial charge in [0.2, 0.25) is 5.95 Å². The van der Waals surface area contributed by atoms with Crippen molar-refractivity contribution in [3.05, 3.63) is 57.6 Å². The van der Waals surface area contributed by atoms with Crippen LogP contribution in [0.5, 0.6) is 0 Å². The Morgan fingerprint density at radius 1 is 1.20 bits per heavy atom.